The fraction of sp³-hybridized carbons (Fsp3) is 0.900. The first-order valence-corrected chi connectivity index (χ1v) is 5.19. The molecule has 0 aliphatic rings. The van der Waals surface area contributed by atoms with Crippen molar-refractivity contribution in [2.45, 2.75) is 32.7 Å². The molecule has 0 aromatic rings. The van der Waals surface area contributed by atoms with Crippen molar-refractivity contribution >= 4 is 5.91 Å². The average Bonchev–Trinajstić information content (AvgIpc) is 2.21. The van der Waals surface area contributed by atoms with E-state index in [1.54, 1.807) is 7.11 Å². The van der Waals surface area contributed by atoms with Crippen LogP contribution in [-0.4, -0.2) is 38.8 Å². The molecular weight excluding hydrogens is 180 g/mol. The molecule has 0 heterocycles. The van der Waals surface area contributed by atoms with E-state index in [1.807, 2.05) is 0 Å². The quantitative estimate of drug-likeness (QED) is 0.564. The van der Waals surface area contributed by atoms with Crippen molar-refractivity contribution in [3.05, 3.63) is 0 Å². The van der Waals surface area contributed by atoms with E-state index in [9.17, 15) is 4.79 Å². The van der Waals surface area contributed by atoms with Crippen molar-refractivity contribution in [2.24, 2.45) is 0 Å². The monoisotopic (exact) mass is 202 g/mol. The number of methoxy groups -OCH3 is 1. The van der Waals surface area contributed by atoms with Gasteiger partial charge in [0.25, 0.3) is 0 Å². The van der Waals surface area contributed by atoms with Crippen LogP contribution >= 0.6 is 0 Å². The molecule has 0 aliphatic heterocycles. The van der Waals surface area contributed by atoms with E-state index in [2.05, 4.69) is 24.5 Å². The Bertz CT molecular complexity index is 151. The van der Waals surface area contributed by atoms with Crippen molar-refractivity contribution in [1.29, 1.82) is 0 Å². The Balaban J connectivity index is 3.28. The highest BCUT2D eigenvalue weighted by atomic mass is 16.5. The number of ether oxygens (including phenoxy) is 1. The Kier molecular flexibility index (Phi) is 8.57. The van der Waals surface area contributed by atoms with Crippen molar-refractivity contribution in [3.63, 3.8) is 0 Å². The second-order valence-electron chi connectivity index (χ2n) is 3.39. The normalized spacial score (nSPS) is 12.5. The fourth-order valence-electron chi connectivity index (χ4n) is 0.918. The third kappa shape index (κ3) is 8.01. The zero-order valence-corrected chi connectivity index (χ0v) is 9.43. The molecule has 14 heavy (non-hydrogen) atoms. The summed E-state index contributed by atoms with van der Waals surface area (Å²) < 4.78 is 4.87. The van der Waals surface area contributed by atoms with Crippen LogP contribution in [0.4, 0.5) is 0 Å². The molecule has 1 unspecified atom stereocenters. The van der Waals surface area contributed by atoms with Crippen LogP contribution in [0, 0.1) is 0 Å². The lowest BCUT2D eigenvalue weighted by atomic mass is 10.2. The van der Waals surface area contributed by atoms with E-state index in [0.29, 0.717) is 25.7 Å². The van der Waals surface area contributed by atoms with E-state index < -0.39 is 0 Å². The van der Waals surface area contributed by atoms with Gasteiger partial charge in [-0.3, -0.25) is 4.79 Å². The SMILES string of the molecule is CCC(C)NCC(=O)NCCCOC. The summed E-state index contributed by atoms with van der Waals surface area (Å²) in [5.41, 5.74) is 0. The Labute approximate surface area is 86.4 Å². The second-order valence-corrected chi connectivity index (χ2v) is 3.39. The van der Waals surface area contributed by atoms with Crippen LogP contribution in [0.3, 0.4) is 0 Å². The minimum Gasteiger partial charge on any atom is -0.385 e. The highest BCUT2D eigenvalue weighted by Gasteiger charge is 2.02. The highest BCUT2D eigenvalue weighted by Crippen LogP contribution is 1.85. The smallest absolute Gasteiger partial charge is 0.233 e. The van der Waals surface area contributed by atoms with Gasteiger partial charge in [0.15, 0.2) is 0 Å². The largest absolute Gasteiger partial charge is 0.385 e. The van der Waals surface area contributed by atoms with E-state index in [1.165, 1.54) is 0 Å². The maximum absolute atomic E-state index is 11.2. The number of carbonyl (C=O) groups is 1. The number of rotatable bonds is 8. The number of amides is 1. The molecule has 1 atom stereocenters. The summed E-state index contributed by atoms with van der Waals surface area (Å²) >= 11 is 0. The molecule has 0 aromatic heterocycles. The Morgan fingerprint density at radius 1 is 1.50 bits per heavy atom. The summed E-state index contributed by atoms with van der Waals surface area (Å²) in [4.78, 5) is 11.2. The van der Waals surface area contributed by atoms with Crippen LogP contribution in [-0.2, 0) is 9.53 Å². The molecule has 0 saturated carbocycles. The second kappa shape index (κ2) is 8.97. The first kappa shape index (κ1) is 13.4. The maximum Gasteiger partial charge on any atom is 0.233 e. The molecule has 0 saturated heterocycles. The molecule has 2 N–H and O–H groups in total. The number of hydrogen-bond donors (Lipinski definition) is 2. The van der Waals surface area contributed by atoms with Crippen LogP contribution in [0.15, 0.2) is 0 Å². The molecule has 0 bridgehead atoms. The number of carbonyl (C=O) groups excluding carboxylic acids is 1. The molecule has 84 valence electrons. The van der Waals surface area contributed by atoms with Crippen molar-refractivity contribution in [2.75, 3.05) is 26.8 Å². The van der Waals surface area contributed by atoms with E-state index in [-0.39, 0.29) is 5.91 Å². The molecule has 0 rings (SSSR count). The zero-order chi connectivity index (χ0) is 10.8. The summed E-state index contributed by atoms with van der Waals surface area (Å²) in [6, 6.07) is 0.403. The van der Waals surface area contributed by atoms with Gasteiger partial charge in [-0.2, -0.15) is 0 Å². The van der Waals surface area contributed by atoms with Crippen molar-refractivity contribution in [3.8, 4) is 0 Å². The average molecular weight is 202 g/mol. The van der Waals surface area contributed by atoms with E-state index in [4.69, 9.17) is 4.74 Å². The van der Waals surface area contributed by atoms with Gasteiger partial charge in [-0.05, 0) is 19.8 Å². The van der Waals surface area contributed by atoms with Gasteiger partial charge < -0.3 is 15.4 Å². The minimum absolute atomic E-state index is 0.0569. The number of hydrogen-bond acceptors (Lipinski definition) is 3. The fourth-order valence-corrected chi connectivity index (χ4v) is 0.918. The van der Waals surface area contributed by atoms with E-state index >= 15 is 0 Å². The standard InChI is InChI=1S/C10H22N2O2/c1-4-9(2)12-8-10(13)11-6-5-7-14-3/h9,12H,4-8H2,1-3H3,(H,11,13). The minimum atomic E-state index is 0.0569. The van der Waals surface area contributed by atoms with Gasteiger partial charge in [0.1, 0.15) is 0 Å². The Morgan fingerprint density at radius 3 is 2.79 bits per heavy atom. The molecule has 0 fully saturated rings. The van der Waals surface area contributed by atoms with Gasteiger partial charge in [0, 0.05) is 26.3 Å². The third-order valence-electron chi connectivity index (χ3n) is 2.07. The molecule has 0 aromatic carbocycles. The number of nitrogens with one attached hydrogen (secondary N) is 2. The van der Waals surface area contributed by atoms with Gasteiger partial charge in [0.2, 0.25) is 5.91 Å². The van der Waals surface area contributed by atoms with Crippen LogP contribution in [0.1, 0.15) is 26.7 Å². The van der Waals surface area contributed by atoms with Gasteiger partial charge in [-0.1, -0.05) is 6.92 Å². The zero-order valence-electron chi connectivity index (χ0n) is 9.43. The lowest BCUT2D eigenvalue weighted by Gasteiger charge is -2.10. The van der Waals surface area contributed by atoms with Crippen LogP contribution in [0.5, 0.6) is 0 Å². The topological polar surface area (TPSA) is 50.4 Å². The molecule has 4 nitrogen and oxygen atoms in total. The summed E-state index contributed by atoms with van der Waals surface area (Å²) in [6.45, 7) is 5.95. The lowest BCUT2D eigenvalue weighted by molar-refractivity contribution is -0.120. The lowest BCUT2D eigenvalue weighted by Crippen LogP contribution is -2.38. The van der Waals surface area contributed by atoms with Crippen LogP contribution in [0.2, 0.25) is 0 Å². The van der Waals surface area contributed by atoms with Gasteiger partial charge in [-0.15, -0.1) is 0 Å². The summed E-state index contributed by atoms with van der Waals surface area (Å²) in [5, 5.41) is 5.95. The highest BCUT2D eigenvalue weighted by molar-refractivity contribution is 5.77. The first-order chi connectivity index (χ1) is 6.70. The maximum atomic E-state index is 11.2. The van der Waals surface area contributed by atoms with Crippen LogP contribution < -0.4 is 10.6 Å². The molecular formula is C10H22N2O2. The van der Waals surface area contributed by atoms with Gasteiger partial charge in [-0.25, -0.2) is 0 Å². The third-order valence-corrected chi connectivity index (χ3v) is 2.07. The predicted molar refractivity (Wildman–Crippen MR) is 57.3 cm³/mol. The molecule has 0 aliphatic carbocycles. The van der Waals surface area contributed by atoms with Crippen molar-refractivity contribution < 1.29 is 9.53 Å². The molecule has 1 amide bonds. The molecule has 0 radical (unpaired) electrons. The van der Waals surface area contributed by atoms with Gasteiger partial charge in [0.05, 0.1) is 6.54 Å². The first-order valence-electron chi connectivity index (χ1n) is 5.19. The summed E-state index contributed by atoms with van der Waals surface area (Å²) in [7, 11) is 1.66. The van der Waals surface area contributed by atoms with Crippen molar-refractivity contribution in [1.82, 2.24) is 10.6 Å². The Hall–Kier alpha value is -0.610. The summed E-state index contributed by atoms with van der Waals surface area (Å²) in [6.07, 6.45) is 1.91. The molecule has 4 heteroatoms. The predicted octanol–water partition coefficient (Wildman–Crippen LogP) is 0.527. The Morgan fingerprint density at radius 2 is 2.21 bits per heavy atom. The molecule has 0 spiro atoms. The van der Waals surface area contributed by atoms with E-state index in [0.717, 1.165) is 12.8 Å². The van der Waals surface area contributed by atoms with Gasteiger partial charge >= 0.3 is 0 Å². The van der Waals surface area contributed by atoms with Crippen LogP contribution in [0.25, 0.3) is 0 Å². The summed E-state index contributed by atoms with van der Waals surface area (Å²) in [5.74, 6) is 0.0569.